The molecule has 4 atom stereocenters. The Hall–Kier alpha value is -2.44. The number of nitrogens with zero attached hydrogens (tertiary/aromatic N) is 4. The summed E-state index contributed by atoms with van der Waals surface area (Å²) < 4.78 is 6.59. The Bertz CT molecular complexity index is 1270. The number of aromatic nitrogens is 4. The van der Waals surface area contributed by atoms with Gasteiger partial charge in [0.1, 0.15) is 22.4 Å². The lowest BCUT2D eigenvalue weighted by molar-refractivity contribution is -0.0926. The summed E-state index contributed by atoms with van der Waals surface area (Å²) in [6, 6.07) is 1.93. The third kappa shape index (κ3) is 5.28. The Morgan fingerprint density at radius 2 is 2.00 bits per heavy atom. The minimum Gasteiger partial charge on any atom is -0.390 e. The van der Waals surface area contributed by atoms with Crippen molar-refractivity contribution in [3.8, 4) is 10.6 Å². The Balaban J connectivity index is 1.52. The van der Waals surface area contributed by atoms with Crippen molar-refractivity contribution in [2.45, 2.75) is 70.8 Å². The van der Waals surface area contributed by atoms with E-state index in [2.05, 4.69) is 15.6 Å². The summed E-state index contributed by atoms with van der Waals surface area (Å²) in [5.41, 5.74) is 0.206. The average molecular weight is 529 g/mol. The molecule has 2 fully saturated rings. The third-order valence-corrected chi connectivity index (χ3v) is 8.58. The first kappa shape index (κ1) is 26.2. The van der Waals surface area contributed by atoms with Gasteiger partial charge in [0.15, 0.2) is 5.72 Å². The van der Waals surface area contributed by atoms with Gasteiger partial charge in [0, 0.05) is 25.3 Å². The number of ether oxygens (including phenoxy) is 1. The molecule has 4 heterocycles. The van der Waals surface area contributed by atoms with E-state index in [1.807, 2.05) is 19.9 Å². The van der Waals surface area contributed by atoms with Gasteiger partial charge in [-0.3, -0.25) is 4.98 Å². The quantitative estimate of drug-likeness (QED) is 0.290. The monoisotopic (exact) mass is 528 g/mol. The lowest BCUT2D eigenvalue weighted by atomic mass is 9.87. The van der Waals surface area contributed by atoms with Gasteiger partial charge >= 0.3 is 0 Å². The maximum absolute atomic E-state index is 11.5. The van der Waals surface area contributed by atoms with E-state index in [0.717, 1.165) is 35.4 Å². The number of aliphatic hydroxyl groups is 3. The molecule has 11 heteroatoms. The molecule has 0 bridgehead atoms. The summed E-state index contributed by atoms with van der Waals surface area (Å²) in [6.07, 6.45) is 3.42. The fraction of sp³-hybridized carbons (Fsp3) is 0.615. The number of hydrogen-bond donors (Lipinski definition) is 5. The van der Waals surface area contributed by atoms with E-state index in [1.165, 1.54) is 11.3 Å². The van der Waals surface area contributed by atoms with Crippen LogP contribution in [0.2, 0.25) is 0 Å². The predicted octanol–water partition coefficient (Wildman–Crippen LogP) is 3.25. The van der Waals surface area contributed by atoms with E-state index < -0.39 is 23.3 Å². The van der Waals surface area contributed by atoms with Crippen molar-refractivity contribution < 1.29 is 20.1 Å². The van der Waals surface area contributed by atoms with Crippen molar-refractivity contribution in [3.05, 3.63) is 23.7 Å². The lowest BCUT2D eigenvalue weighted by Crippen LogP contribution is -2.51. The number of aryl methyl sites for hydroxylation is 2. The van der Waals surface area contributed by atoms with Crippen molar-refractivity contribution in [2.24, 2.45) is 11.8 Å². The van der Waals surface area contributed by atoms with Gasteiger partial charge in [0.05, 0.1) is 33.9 Å². The minimum atomic E-state index is -1.66. The second kappa shape index (κ2) is 10.0. The van der Waals surface area contributed by atoms with Gasteiger partial charge in [-0.25, -0.2) is 9.97 Å². The topological polar surface area (TPSA) is 146 Å². The molecule has 3 aromatic rings. The number of aliphatic hydroxyl groups excluding tert-OH is 1. The van der Waals surface area contributed by atoms with Crippen LogP contribution < -0.4 is 10.6 Å². The van der Waals surface area contributed by atoms with Gasteiger partial charge in [-0.1, -0.05) is 0 Å². The molecular weight excluding hydrogens is 492 g/mol. The molecule has 5 rings (SSSR count). The molecule has 1 aliphatic heterocycles. The Kier molecular flexibility index (Phi) is 7.10. The highest BCUT2D eigenvalue weighted by Crippen LogP contribution is 2.43. The zero-order valence-corrected chi connectivity index (χ0v) is 22.6. The van der Waals surface area contributed by atoms with Crippen LogP contribution in [0.4, 0.5) is 11.8 Å². The van der Waals surface area contributed by atoms with Crippen LogP contribution in [0.5, 0.6) is 0 Å². The Morgan fingerprint density at radius 3 is 2.68 bits per heavy atom. The number of fused-ring (bicyclic) bond motifs is 1. The lowest BCUT2D eigenvalue weighted by Gasteiger charge is -2.34. The number of thiazole rings is 1. The molecular formula is C26H36N6O4S. The first-order valence-electron chi connectivity index (χ1n) is 12.9. The van der Waals surface area contributed by atoms with Crippen LogP contribution in [0.15, 0.2) is 12.3 Å². The number of anilines is 2. The van der Waals surface area contributed by atoms with Crippen molar-refractivity contribution in [3.63, 3.8) is 0 Å². The van der Waals surface area contributed by atoms with Crippen LogP contribution in [-0.4, -0.2) is 72.4 Å². The number of nitrogens with one attached hydrogen (secondary N) is 2. The van der Waals surface area contributed by atoms with E-state index in [4.69, 9.17) is 19.7 Å². The van der Waals surface area contributed by atoms with Gasteiger partial charge in [0.25, 0.3) is 0 Å². The largest absolute Gasteiger partial charge is 0.390 e. The summed E-state index contributed by atoms with van der Waals surface area (Å²) >= 11 is 1.51. The Morgan fingerprint density at radius 1 is 1.19 bits per heavy atom. The highest BCUT2D eigenvalue weighted by atomic mass is 32.1. The second-order valence-electron chi connectivity index (χ2n) is 10.9. The molecule has 0 aromatic carbocycles. The molecule has 3 aromatic heterocycles. The second-order valence-corrected chi connectivity index (χ2v) is 11.9. The van der Waals surface area contributed by atoms with Crippen LogP contribution >= 0.6 is 11.3 Å². The molecule has 1 aliphatic carbocycles. The molecule has 4 unspecified atom stereocenters. The third-order valence-electron chi connectivity index (χ3n) is 7.55. The van der Waals surface area contributed by atoms with Crippen molar-refractivity contribution >= 4 is 33.3 Å². The maximum atomic E-state index is 11.5. The molecule has 0 radical (unpaired) electrons. The average Bonchev–Trinajstić information content (AvgIpc) is 3.40. The molecule has 200 valence electrons. The first-order chi connectivity index (χ1) is 17.5. The molecule has 0 spiro atoms. The number of pyridine rings is 1. The maximum Gasteiger partial charge on any atom is 0.224 e. The summed E-state index contributed by atoms with van der Waals surface area (Å²) in [5, 5.41) is 40.3. The highest BCUT2D eigenvalue weighted by Gasteiger charge is 2.52. The molecule has 1 saturated carbocycles. The van der Waals surface area contributed by atoms with E-state index in [9.17, 15) is 15.3 Å². The molecule has 1 saturated heterocycles. The normalized spacial score (nSPS) is 26.5. The zero-order chi connectivity index (χ0) is 26.4. The van der Waals surface area contributed by atoms with Crippen molar-refractivity contribution in [1.29, 1.82) is 0 Å². The van der Waals surface area contributed by atoms with Crippen LogP contribution in [0.3, 0.4) is 0 Å². The van der Waals surface area contributed by atoms with Gasteiger partial charge in [-0.05, 0) is 65.4 Å². The summed E-state index contributed by atoms with van der Waals surface area (Å²) in [6.45, 7) is 9.31. The molecule has 37 heavy (non-hydrogen) atoms. The molecule has 5 N–H and O–H groups in total. The van der Waals surface area contributed by atoms with Crippen LogP contribution in [-0.2, 0) is 4.74 Å². The summed E-state index contributed by atoms with van der Waals surface area (Å²) in [5.74, 6) is 0.708. The predicted molar refractivity (Wildman–Crippen MR) is 144 cm³/mol. The van der Waals surface area contributed by atoms with Gasteiger partial charge < -0.3 is 30.7 Å². The highest BCUT2D eigenvalue weighted by molar-refractivity contribution is 7.21. The van der Waals surface area contributed by atoms with Crippen LogP contribution in [0.1, 0.15) is 50.9 Å². The van der Waals surface area contributed by atoms with E-state index >= 15 is 0 Å². The molecule has 0 amide bonds. The fourth-order valence-corrected chi connectivity index (χ4v) is 6.50. The van der Waals surface area contributed by atoms with Gasteiger partial charge in [0.2, 0.25) is 5.95 Å². The van der Waals surface area contributed by atoms with E-state index in [1.54, 1.807) is 20.0 Å². The van der Waals surface area contributed by atoms with E-state index in [-0.39, 0.29) is 6.42 Å². The molecule has 2 aliphatic rings. The zero-order valence-electron chi connectivity index (χ0n) is 21.8. The van der Waals surface area contributed by atoms with Gasteiger partial charge in [-0.2, -0.15) is 4.98 Å². The summed E-state index contributed by atoms with van der Waals surface area (Å²) in [7, 11) is 0. The Labute approximate surface area is 220 Å². The van der Waals surface area contributed by atoms with Gasteiger partial charge in [-0.15, -0.1) is 11.3 Å². The van der Waals surface area contributed by atoms with E-state index in [0.29, 0.717) is 53.5 Å². The number of rotatable bonds is 7. The fourth-order valence-electron chi connectivity index (χ4n) is 5.39. The van der Waals surface area contributed by atoms with Crippen LogP contribution in [0.25, 0.3) is 20.8 Å². The minimum absolute atomic E-state index is 0.260. The standard InChI is InChI=1S/C26H36N6O4S/c1-14-19(23-30-20-15(2)27-10-8-18(20)37-23)22(31-24(29-14)28-12-16-6-5-11-36-13-16)32-26(35)9-7-17(21(26)33)25(3,4)34/h8,10,16-17,21,33-35H,5-7,9,11-13H2,1-4H3,(H2,28,29,31,32). The smallest absolute Gasteiger partial charge is 0.224 e. The van der Waals surface area contributed by atoms with Crippen LogP contribution in [0, 0.1) is 25.7 Å². The number of hydrogen-bond acceptors (Lipinski definition) is 11. The van der Waals surface area contributed by atoms with Crippen molar-refractivity contribution in [2.75, 3.05) is 30.4 Å². The first-order valence-corrected chi connectivity index (χ1v) is 13.7. The summed E-state index contributed by atoms with van der Waals surface area (Å²) in [4.78, 5) is 18.7. The SMILES string of the molecule is Cc1nc(NCC2CCCOC2)nc(NC2(O)CCC(C(C)(C)O)C2O)c1-c1nc2c(C)nccc2s1. The van der Waals surface area contributed by atoms with Crippen molar-refractivity contribution in [1.82, 2.24) is 19.9 Å². The molecule has 10 nitrogen and oxygen atoms in total.